The maximum Gasteiger partial charge on any atom is 0.263 e. The number of aromatic nitrogens is 2. The molecule has 1 aliphatic heterocycles. The molecule has 1 spiro atoms. The zero-order valence-electron chi connectivity index (χ0n) is 13.8. The highest BCUT2D eigenvalue weighted by molar-refractivity contribution is 5.81. The van der Waals surface area contributed by atoms with Gasteiger partial charge in [0.1, 0.15) is 17.0 Å². The topological polar surface area (TPSA) is 78.5 Å². The van der Waals surface area contributed by atoms with Crippen LogP contribution < -0.4 is 15.2 Å². The number of benzene rings is 1. The molecule has 2 aromatic rings. The molecule has 1 aromatic carbocycles. The van der Waals surface area contributed by atoms with Crippen LogP contribution in [0.4, 0.5) is 10.3 Å². The zero-order chi connectivity index (χ0) is 17.2. The third-order valence-electron chi connectivity index (χ3n) is 5.59. The van der Waals surface area contributed by atoms with Crippen molar-refractivity contribution in [3.8, 4) is 5.75 Å². The molecule has 2 heterocycles. The van der Waals surface area contributed by atoms with Crippen LogP contribution in [0.3, 0.4) is 0 Å². The predicted octanol–water partition coefficient (Wildman–Crippen LogP) is 1.81. The second kappa shape index (κ2) is 5.17. The summed E-state index contributed by atoms with van der Waals surface area (Å²) >= 11 is 0. The minimum absolute atomic E-state index is 0.0307. The Kier molecular flexibility index (Phi) is 3.13. The summed E-state index contributed by atoms with van der Waals surface area (Å²) < 4.78 is 20.0. The minimum atomic E-state index is -0.606. The van der Waals surface area contributed by atoms with E-state index in [2.05, 4.69) is 9.97 Å². The van der Waals surface area contributed by atoms with Gasteiger partial charge in [-0.3, -0.25) is 9.78 Å². The molecule has 0 amide bonds. The van der Waals surface area contributed by atoms with Crippen molar-refractivity contribution >= 4 is 16.9 Å². The molecular weight excluding hydrogens is 325 g/mol. The Morgan fingerprint density at radius 2 is 2.12 bits per heavy atom. The van der Waals surface area contributed by atoms with E-state index in [1.165, 1.54) is 6.07 Å². The lowest BCUT2D eigenvalue weighted by atomic mass is 9.62. The Labute approximate surface area is 143 Å². The maximum absolute atomic E-state index is 14.3. The van der Waals surface area contributed by atoms with Crippen molar-refractivity contribution in [3.05, 3.63) is 28.3 Å². The Morgan fingerprint density at radius 3 is 2.80 bits per heavy atom. The fourth-order valence-electron chi connectivity index (χ4n) is 4.03. The Morgan fingerprint density at radius 1 is 1.36 bits per heavy atom. The second-order valence-corrected chi connectivity index (χ2v) is 7.86. The molecule has 2 N–H and O–H groups in total. The van der Waals surface area contributed by atoms with Crippen molar-refractivity contribution in [2.45, 2.75) is 31.8 Å². The molecule has 0 bridgehead atoms. The van der Waals surface area contributed by atoms with Gasteiger partial charge in [-0.2, -0.15) is 0 Å². The van der Waals surface area contributed by atoms with Gasteiger partial charge in [0.05, 0.1) is 18.2 Å². The highest BCUT2D eigenvalue weighted by atomic mass is 19.1. The van der Waals surface area contributed by atoms with Gasteiger partial charge < -0.3 is 14.7 Å². The molecule has 3 aliphatic rings. The SMILES string of the molecule is O=c1[nH]c(N2CC3(CC(O)C3)C2)nc2cc(OCC3CC3)cc(F)c12. The molecule has 6 nitrogen and oxygen atoms in total. The molecule has 0 atom stereocenters. The molecule has 1 aromatic heterocycles. The van der Waals surface area contributed by atoms with Crippen LogP contribution in [0.2, 0.25) is 0 Å². The van der Waals surface area contributed by atoms with E-state index in [1.54, 1.807) is 6.07 Å². The lowest BCUT2D eigenvalue weighted by Gasteiger charge is -2.57. The van der Waals surface area contributed by atoms with E-state index in [0.29, 0.717) is 29.7 Å². The number of nitrogens with zero attached hydrogens (tertiary/aromatic N) is 2. The van der Waals surface area contributed by atoms with Crippen molar-refractivity contribution in [1.29, 1.82) is 0 Å². The number of hydrogen-bond donors (Lipinski definition) is 2. The van der Waals surface area contributed by atoms with E-state index >= 15 is 0 Å². The average molecular weight is 345 g/mol. The summed E-state index contributed by atoms with van der Waals surface area (Å²) in [5, 5.41) is 9.47. The van der Waals surface area contributed by atoms with E-state index in [-0.39, 0.29) is 16.9 Å². The van der Waals surface area contributed by atoms with E-state index in [1.807, 2.05) is 4.90 Å². The molecule has 3 fully saturated rings. The first-order valence-electron chi connectivity index (χ1n) is 8.81. The molecular formula is C18H20FN3O3. The third-order valence-corrected chi connectivity index (χ3v) is 5.59. The van der Waals surface area contributed by atoms with Crippen molar-refractivity contribution in [2.75, 3.05) is 24.6 Å². The van der Waals surface area contributed by atoms with Crippen LogP contribution in [-0.2, 0) is 0 Å². The number of H-pyrrole nitrogens is 1. The van der Waals surface area contributed by atoms with Crippen molar-refractivity contribution in [3.63, 3.8) is 0 Å². The smallest absolute Gasteiger partial charge is 0.263 e. The molecule has 7 heteroatoms. The summed E-state index contributed by atoms with van der Waals surface area (Å²) in [7, 11) is 0. The molecule has 2 aliphatic carbocycles. The number of hydrogen-bond acceptors (Lipinski definition) is 5. The van der Waals surface area contributed by atoms with Gasteiger partial charge in [-0.1, -0.05) is 0 Å². The van der Waals surface area contributed by atoms with Crippen molar-refractivity contribution < 1.29 is 14.2 Å². The number of anilines is 1. The molecule has 2 saturated carbocycles. The minimum Gasteiger partial charge on any atom is -0.493 e. The molecule has 132 valence electrons. The van der Waals surface area contributed by atoms with Gasteiger partial charge >= 0.3 is 0 Å². The Bertz CT molecular complexity index is 894. The van der Waals surface area contributed by atoms with Gasteiger partial charge in [0.2, 0.25) is 5.95 Å². The van der Waals surface area contributed by atoms with Gasteiger partial charge in [-0.25, -0.2) is 9.37 Å². The van der Waals surface area contributed by atoms with Crippen LogP contribution in [0.5, 0.6) is 5.75 Å². The number of aromatic amines is 1. The van der Waals surface area contributed by atoms with Gasteiger partial charge in [0.15, 0.2) is 0 Å². The summed E-state index contributed by atoms with van der Waals surface area (Å²) in [6.07, 6.45) is 3.71. The summed E-state index contributed by atoms with van der Waals surface area (Å²) in [5.74, 6) is 0.841. The number of rotatable bonds is 4. The number of aliphatic hydroxyl groups excluding tert-OH is 1. The number of fused-ring (bicyclic) bond motifs is 1. The van der Waals surface area contributed by atoms with E-state index in [9.17, 15) is 14.3 Å². The van der Waals surface area contributed by atoms with Crippen molar-refractivity contribution in [2.24, 2.45) is 11.3 Å². The first kappa shape index (κ1) is 15.1. The van der Waals surface area contributed by atoms with E-state index in [0.717, 1.165) is 38.8 Å². The fraction of sp³-hybridized carbons (Fsp3) is 0.556. The normalized spacial score (nSPS) is 22.1. The summed E-state index contributed by atoms with van der Waals surface area (Å²) in [6.45, 7) is 2.11. The van der Waals surface area contributed by atoms with E-state index in [4.69, 9.17) is 4.74 Å². The van der Waals surface area contributed by atoms with E-state index < -0.39 is 11.4 Å². The molecule has 1 saturated heterocycles. The quantitative estimate of drug-likeness (QED) is 0.884. The van der Waals surface area contributed by atoms with Gasteiger partial charge in [0.25, 0.3) is 5.56 Å². The largest absolute Gasteiger partial charge is 0.493 e. The molecule has 0 radical (unpaired) electrons. The first-order valence-corrected chi connectivity index (χ1v) is 8.81. The molecule has 25 heavy (non-hydrogen) atoms. The van der Waals surface area contributed by atoms with Gasteiger partial charge in [-0.05, 0) is 31.6 Å². The third kappa shape index (κ3) is 2.57. The van der Waals surface area contributed by atoms with Crippen LogP contribution >= 0.6 is 0 Å². The standard InChI is InChI=1S/C18H20FN3O3/c19-13-3-12(25-7-10-1-2-10)4-14-15(13)16(24)21-17(20-14)22-8-18(9-22)5-11(23)6-18/h3-4,10-11,23H,1-2,5-9H2,(H,20,21,24). The second-order valence-electron chi connectivity index (χ2n) is 7.86. The monoisotopic (exact) mass is 345 g/mol. The highest BCUT2D eigenvalue weighted by Gasteiger charge is 2.52. The highest BCUT2D eigenvalue weighted by Crippen LogP contribution is 2.49. The Hall–Kier alpha value is -2.15. The lowest BCUT2D eigenvalue weighted by Crippen LogP contribution is -2.64. The van der Waals surface area contributed by atoms with Crippen LogP contribution in [0.25, 0.3) is 10.9 Å². The fourth-order valence-corrected chi connectivity index (χ4v) is 4.03. The van der Waals surface area contributed by atoms with Crippen LogP contribution in [-0.4, -0.2) is 40.9 Å². The maximum atomic E-state index is 14.3. The summed E-state index contributed by atoms with van der Waals surface area (Å²) in [4.78, 5) is 21.4. The number of ether oxygens (including phenoxy) is 1. The van der Waals surface area contributed by atoms with Gasteiger partial charge in [0, 0.05) is 30.6 Å². The molecule has 5 rings (SSSR count). The number of aliphatic hydroxyl groups is 1. The number of halogens is 1. The van der Waals surface area contributed by atoms with Crippen LogP contribution in [0, 0.1) is 17.2 Å². The van der Waals surface area contributed by atoms with Crippen LogP contribution in [0.1, 0.15) is 25.7 Å². The first-order chi connectivity index (χ1) is 12.0. The lowest BCUT2D eigenvalue weighted by molar-refractivity contribution is -0.0497. The zero-order valence-corrected chi connectivity index (χ0v) is 13.8. The van der Waals surface area contributed by atoms with Gasteiger partial charge in [-0.15, -0.1) is 0 Å². The summed E-state index contributed by atoms with van der Waals surface area (Å²) in [5.41, 5.74) is 0.00734. The summed E-state index contributed by atoms with van der Waals surface area (Å²) in [6, 6.07) is 2.90. The van der Waals surface area contributed by atoms with Crippen molar-refractivity contribution in [1.82, 2.24) is 9.97 Å². The molecule has 0 unspecified atom stereocenters. The average Bonchev–Trinajstić information content (AvgIpc) is 3.30. The van der Waals surface area contributed by atoms with Crippen LogP contribution in [0.15, 0.2) is 16.9 Å². The predicted molar refractivity (Wildman–Crippen MR) is 90.4 cm³/mol. The Balaban J connectivity index is 1.43. The number of nitrogens with one attached hydrogen (secondary N) is 1.